The van der Waals surface area contributed by atoms with Crippen LogP contribution < -0.4 is 16.6 Å². The second-order valence-electron chi connectivity index (χ2n) is 8.99. The number of nitrogens with one attached hydrogen (secondary N) is 1. The highest BCUT2D eigenvalue weighted by atomic mass is 32.1. The first-order valence-corrected chi connectivity index (χ1v) is 13.2. The summed E-state index contributed by atoms with van der Waals surface area (Å²) in [7, 11) is 0. The number of aromatic nitrogens is 6. The molecule has 3 N–H and O–H groups in total. The van der Waals surface area contributed by atoms with Gasteiger partial charge in [-0.25, -0.2) is 19.5 Å². The number of aryl methyl sites for hydroxylation is 1. The third-order valence-corrected chi connectivity index (χ3v) is 7.04. The molecule has 0 spiro atoms. The van der Waals surface area contributed by atoms with Gasteiger partial charge >= 0.3 is 0 Å². The normalized spacial score (nSPS) is 11.8. The molecule has 1 amide bonds. The van der Waals surface area contributed by atoms with Gasteiger partial charge in [-0.05, 0) is 50.1 Å². The number of thiazole rings is 1. The van der Waals surface area contributed by atoms with Crippen molar-refractivity contribution >= 4 is 39.6 Å². The molecule has 1 unspecified atom stereocenters. The Bertz CT molecular complexity index is 2030. The summed E-state index contributed by atoms with van der Waals surface area (Å²) < 4.78 is 2.95. The lowest BCUT2D eigenvalue weighted by Crippen LogP contribution is -2.33. The molecule has 10 nitrogen and oxygen atoms in total. The van der Waals surface area contributed by atoms with Crippen molar-refractivity contribution < 1.29 is 4.79 Å². The highest BCUT2D eigenvalue weighted by Crippen LogP contribution is 2.22. The van der Waals surface area contributed by atoms with Crippen LogP contribution >= 0.6 is 11.3 Å². The standard InChI is InChI=1S/C29H22N8O2S/c1-17(32-28(38)24-25(30)35-36-15-7-14-31-27(24)36)26-34-22-11-6-8-19(12-13-20-16-40-18(2)33-20)23(22)29(39)37(26)21-9-4-3-5-10-21/h3-11,14-17H,1-2H3,(H2,30,35)(H,32,38). The Morgan fingerprint density at radius 1 is 1.07 bits per heavy atom. The van der Waals surface area contributed by atoms with E-state index in [1.807, 2.05) is 42.6 Å². The number of hydrogen-bond acceptors (Lipinski definition) is 8. The molecule has 0 saturated heterocycles. The molecular formula is C29H22N8O2S. The molecule has 4 heterocycles. The Morgan fingerprint density at radius 3 is 2.67 bits per heavy atom. The van der Waals surface area contributed by atoms with E-state index in [2.05, 4.69) is 32.2 Å². The van der Waals surface area contributed by atoms with E-state index in [4.69, 9.17) is 10.7 Å². The van der Waals surface area contributed by atoms with E-state index in [-0.39, 0.29) is 16.9 Å². The molecule has 1 atom stereocenters. The van der Waals surface area contributed by atoms with Crippen molar-refractivity contribution in [3.05, 3.63) is 110 Å². The zero-order valence-electron chi connectivity index (χ0n) is 21.5. The van der Waals surface area contributed by atoms with E-state index in [9.17, 15) is 9.59 Å². The number of hydrogen-bond donors (Lipinski definition) is 2. The number of carbonyl (C=O) groups excluding carboxylic acids is 1. The van der Waals surface area contributed by atoms with Crippen LogP contribution in [0.25, 0.3) is 22.2 Å². The number of nitrogens with two attached hydrogens (primary N) is 1. The van der Waals surface area contributed by atoms with Gasteiger partial charge in [0.2, 0.25) is 0 Å². The largest absolute Gasteiger partial charge is 0.381 e. The second kappa shape index (κ2) is 10.1. The zero-order chi connectivity index (χ0) is 27.8. The molecule has 0 aliphatic rings. The van der Waals surface area contributed by atoms with Gasteiger partial charge in [0, 0.05) is 23.3 Å². The van der Waals surface area contributed by atoms with Gasteiger partial charge < -0.3 is 11.1 Å². The van der Waals surface area contributed by atoms with Gasteiger partial charge in [0.25, 0.3) is 11.5 Å². The molecule has 0 fully saturated rings. The quantitative estimate of drug-likeness (QED) is 0.322. The Morgan fingerprint density at radius 2 is 1.90 bits per heavy atom. The highest BCUT2D eigenvalue weighted by Gasteiger charge is 2.24. The first-order valence-electron chi connectivity index (χ1n) is 12.4. The van der Waals surface area contributed by atoms with E-state index in [0.717, 1.165) is 5.01 Å². The van der Waals surface area contributed by atoms with Crippen molar-refractivity contribution in [3.63, 3.8) is 0 Å². The smallest absolute Gasteiger partial charge is 0.267 e. The van der Waals surface area contributed by atoms with E-state index in [0.29, 0.717) is 39.3 Å². The van der Waals surface area contributed by atoms with Crippen molar-refractivity contribution in [1.29, 1.82) is 0 Å². The van der Waals surface area contributed by atoms with Crippen LogP contribution in [0.3, 0.4) is 0 Å². The van der Waals surface area contributed by atoms with E-state index in [1.165, 1.54) is 20.4 Å². The van der Waals surface area contributed by atoms with Crippen LogP contribution in [0.5, 0.6) is 0 Å². The van der Waals surface area contributed by atoms with Gasteiger partial charge in [0.1, 0.15) is 17.1 Å². The average Bonchev–Trinajstić information content (AvgIpc) is 3.53. The minimum Gasteiger partial charge on any atom is -0.381 e. The number of nitrogens with zero attached hydrogens (tertiary/aromatic N) is 6. The number of nitrogen functional groups attached to an aromatic ring is 1. The third-order valence-electron chi connectivity index (χ3n) is 6.27. The third kappa shape index (κ3) is 4.46. The molecule has 6 rings (SSSR count). The molecule has 196 valence electrons. The Kier molecular flexibility index (Phi) is 6.30. The molecule has 40 heavy (non-hydrogen) atoms. The minimum absolute atomic E-state index is 0.0499. The van der Waals surface area contributed by atoms with Crippen molar-refractivity contribution in [2.45, 2.75) is 19.9 Å². The molecule has 0 saturated carbocycles. The van der Waals surface area contributed by atoms with Gasteiger partial charge in [0.15, 0.2) is 11.5 Å². The molecule has 0 aliphatic carbocycles. The van der Waals surface area contributed by atoms with Crippen LogP contribution in [0.4, 0.5) is 5.82 Å². The lowest BCUT2D eigenvalue weighted by molar-refractivity contribution is 0.0940. The summed E-state index contributed by atoms with van der Waals surface area (Å²) in [5, 5.41) is 10.3. The lowest BCUT2D eigenvalue weighted by Gasteiger charge is -2.20. The molecule has 2 aromatic carbocycles. The summed E-state index contributed by atoms with van der Waals surface area (Å²) in [6.07, 6.45) is 3.22. The number of carbonyl (C=O) groups is 1. The summed E-state index contributed by atoms with van der Waals surface area (Å²) in [4.78, 5) is 41.0. The van der Waals surface area contributed by atoms with Crippen molar-refractivity contribution in [2.24, 2.45) is 0 Å². The molecule has 0 bridgehead atoms. The molecule has 11 heteroatoms. The number of benzene rings is 2. The van der Waals surface area contributed by atoms with E-state index < -0.39 is 11.9 Å². The molecule has 0 aliphatic heterocycles. The van der Waals surface area contributed by atoms with Crippen LogP contribution in [-0.4, -0.2) is 35.0 Å². The number of para-hydroxylation sites is 1. The Hall–Kier alpha value is -5.34. The van der Waals surface area contributed by atoms with Crippen molar-refractivity contribution in [2.75, 3.05) is 5.73 Å². The number of amides is 1. The van der Waals surface area contributed by atoms with Crippen LogP contribution in [0, 0.1) is 18.8 Å². The van der Waals surface area contributed by atoms with E-state index >= 15 is 0 Å². The van der Waals surface area contributed by atoms with Gasteiger partial charge in [0.05, 0.1) is 27.6 Å². The van der Waals surface area contributed by atoms with E-state index in [1.54, 1.807) is 43.6 Å². The molecule has 4 aromatic heterocycles. The molecular weight excluding hydrogens is 524 g/mol. The van der Waals surface area contributed by atoms with Gasteiger partial charge in [-0.15, -0.1) is 16.4 Å². The lowest BCUT2D eigenvalue weighted by atomic mass is 10.1. The fraction of sp³-hybridized carbons (Fsp3) is 0.103. The molecule has 0 radical (unpaired) electrons. The predicted octanol–water partition coefficient (Wildman–Crippen LogP) is 3.67. The second-order valence-corrected chi connectivity index (χ2v) is 10.1. The SMILES string of the molecule is Cc1nc(C#Cc2cccc3nc(C(C)NC(=O)c4c(N)nn5cccnc45)n(-c4ccccc4)c(=O)c23)cs1. The minimum atomic E-state index is -0.685. The number of anilines is 1. The number of rotatable bonds is 4. The van der Waals surface area contributed by atoms with Crippen molar-refractivity contribution in [3.8, 4) is 17.5 Å². The predicted molar refractivity (Wildman–Crippen MR) is 153 cm³/mol. The fourth-order valence-corrected chi connectivity index (χ4v) is 5.02. The monoisotopic (exact) mass is 546 g/mol. The van der Waals surface area contributed by atoms with Crippen LogP contribution in [0.2, 0.25) is 0 Å². The Labute approximate surface area is 232 Å². The average molecular weight is 547 g/mol. The zero-order valence-corrected chi connectivity index (χ0v) is 22.3. The van der Waals surface area contributed by atoms with Gasteiger partial charge in [-0.3, -0.25) is 14.2 Å². The van der Waals surface area contributed by atoms with Gasteiger partial charge in [-0.1, -0.05) is 30.2 Å². The van der Waals surface area contributed by atoms with Crippen LogP contribution in [-0.2, 0) is 0 Å². The van der Waals surface area contributed by atoms with Crippen LogP contribution in [0.15, 0.2) is 77.2 Å². The van der Waals surface area contributed by atoms with Gasteiger partial charge in [-0.2, -0.15) is 0 Å². The highest BCUT2D eigenvalue weighted by molar-refractivity contribution is 7.09. The first kappa shape index (κ1) is 25.0. The topological polar surface area (TPSA) is 133 Å². The maximum atomic E-state index is 14.1. The molecule has 6 aromatic rings. The summed E-state index contributed by atoms with van der Waals surface area (Å²) in [6.45, 7) is 3.67. The maximum absolute atomic E-state index is 14.1. The maximum Gasteiger partial charge on any atom is 0.267 e. The summed E-state index contributed by atoms with van der Waals surface area (Å²) in [5.74, 6) is 6.07. The van der Waals surface area contributed by atoms with Crippen molar-refractivity contribution in [1.82, 2.24) is 34.4 Å². The summed E-state index contributed by atoms with van der Waals surface area (Å²) in [5.41, 5.74) is 8.49. The first-order chi connectivity index (χ1) is 19.4. The number of fused-ring (bicyclic) bond motifs is 2. The summed E-state index contributed by atoms with van der Waals surface area (Å²) in [6, 6.07) is 15.5. The fourth-order valence-electron chi connectivity index (χ4n) is 4.48. The van der Waals surface area contributed by atoms with Crippen LogP contribution in [0.1, 0.15) is 45.4 Å². The Balaban J connectivity index is 1.48. The summed E-state index contributed by atoms with van der Waals surface area (Å²) >= 11 is 1.51.